The summed E-state index contributed by atoms with van der Waals surface area (Å²) in [5.41, 5.74) is 1.45. The van der Waals surface area contributed by atoms with E-state index in [1.165, 1.54) is 0 Å². The molecule has 2 aliphatic heterocycles. The quantitative estimate of drug-likeness (QED) is 0.498. The number of ether oxygens (including phenoxy) is 1. The van der Waals surface area contributed by atoms with E-state index in [4.69, 9.17) is 4.74 Å². The summed E-state index contributed by atoms with van der Waals surface area (Å²) in [6, 6.07) is 14.8. The number of imidazole rings is 1. The molecule has 10 nitrogen and oxygen atoms in total. The number of nitrogens with one attached hydrogen (secondary N) is 1. The molecule has 1 fully saturated rings. The number of sulfonamides is 1. The SMILES string of the molecule is CN1CC(O)CNS(=O)(=O)c2ccc(-c3ccccc3)cc2OCC2(CCN(C(=O)c3nccn3C)CC2)C1. The number of aromatic nitrogens is 2. The van der Waals surface area contributed by atoms with E-state index in [0.717, 1.165) is 11.1 Å². The van der Waals surface area contributed by atoms with Gasteiger partial charge in [-0.25, -0.2) is 18.1 Å². The van der Waals surface area contributed by atoms with Gasteiger partial charge < -0.3 is 24.2 Å². The van der Waals surface area contributed by atoms with Crippen LogP contribution in [0.1, 0.15) is 23.5 Å². The zero-order valence-corrected chi connectivity index (χ0v) is 23.1. The van der Waals surface area contributed by atoms with Gasteiger partial charge in [0.15, 0.2) is 5.82 Å². The molecule has 208 valence electrons. The lowest BCUT2D eigenvalue weighted by atomic mass is 9.78. The minimum Gasteiger partial charge on any atom is -0.492 e. The van der Waals surface area contributed by atoms with Gasteiger partial charge in [0.05, 0.1) is 12.7 Å². The Morgan fingerprint density at radius 1 is 1.10 bits per heavy atom. The van der Waals surface area contributed by atoms with E-state index in [-0.39, 0.29) is 35.1 Å². The van der Waals surface area contributed by atoms with E-state index in [0.29, 0.717) is 44.8 Å². The van der Waals surface area contributed by atoms with Gasteiger partial charge in [0.25, 0.3) is 5.91 Å². The van der Waals surface area contributed by atoms with E-state index >= 15 is 0 Å². The molecule has 1 unspecified atom stereocenters. The first kappa shape index (κ1) is 27.3. The summed E-state index contributed by atoms with van der Waals surface area (Å²) in [6.45, 7) is 2.17. The van der Waals surface area contributed by atoms with Gasteiger partial charge >= 0.3 is 0 Å². The first-order valence-corrected chi connectivity index (χ1v) is 14.6. The average molecular weight is 554 g/mol. The van der Waals surface area contributed by atoms with Crippen LogP contribution in [0.2, 0.25) is 0 Å². The Bertz CT molecular complexity index is 1420. The summed E-state index contributed by atoms with van der Waals surface area (Å²) in [5.74, 6) is 0.568. The number of rotatable bonds is 2. The van der Waals surface area contributed by atoms with Crippen LogP contribution in [0, 0.1) is 5.41 Å². The van der Waals surface area contributed by atoms with Gasteiger partial charge in [0.2, 0.25) is 10.0 Å². The molecule has 2 aromatic carbocycles. The van der Waals surface area contributed by atoms with Crippen LogP contribution in [0.5, 0.6) is 5.75 Å². The van der Waals surface area contributed by atoms with Crippen LogP contribution < -0.4 is 9.46 Å². The maximum Gasteiger partial charge on any atom is 0.289 e. The number of aliphatic hydroxyl groups is 1. The minimum atomic E-state index is -3.93. The molecule has 1 aromatic heterocycles. The van der Waals surface area contributed by atoms with Crippen molar-refractivity contribution in [3.63, 3.8) is 0 Å². The zero-order valence-electron chi connectivity index (χ0n) is 22.3. The highest BCUT2D eigenvalue weighted by atomic mass is 32.2. The number of aryl methyl sites for hydroxylation is 1. The van der Waals surface area contributed by atoms with Crippen LogP contribution in [0.15, 0.2) is 65.8 Å². The number of β-amino-alcohol motifs (C(OH)–C–C–N with tert-alkyl or cyclic N) is 1. The van der Waals surface area contributed by atoms with Gasteiger partial charge in [-0.2, -0.15) is 0 Å². The number of nitrogens with zero attached hydrogens (tertiary/aromatic N) is 4. The maximum absolute atomic E-state index is 13.2. The van der Waals surface area contributed by atoms with Crippen molar-refractivity contribution in [3.05, 3.63) is 66.7 Å². The third-order valence-corrected chi connectivity index (χ3v) is 9.10. The normalized spacial score (nSPS) is 21.8. The van der Waals surface area contributed by atoms with Crippen molar-refractivity contribution < 1.29 is 23.1 Å². The second-order valence-corrected chi connectivity index (χ2v) is 12.4. The zero-order chi connectivity index (χ0) is 27.6. The molecule has 1 amide bonds. The molecule has 1 saturated heterocycles. The molecule has 3 heterocycles. The number of likely N-dealkylation sites (tertiary alicyclic amines) is 1. The third kappa shape index (κ3) is 6.01. The molecule has 0 aliphatic carbocycles. The lowest BCUT2D eigenvalue weighted by molar-refractivity contribution is 0.0154. The van der Waals surface area contributed by atoms with Crippen LogP contribution in [-0.4, -0.2) is 91.3 Å². The Labute approximate surface area is 229 Å². The number of piperidine rings is 1. The summed E-state index contributed by atoms with van der Waals surface area (Å²) in [5, 5.41) is 10.6. The van der Waals surface area contributed by atoms with Gasteiger partial charge in [0, 0.05) is 57.6 Å². The van der Waals surface area contributed by atoms with Crippen LogP contribution in [0.4, 0.5) is 0 Å². The van der Waals surface area contributed by atoms with Crippen LogP contribution in [0.25, 0.3) is 11.1 Å². The number of hydrogen-bond acceptors (Lipinski definition) is 7. The third-order valence-electron chi connectivity index (χ3n) is 7.63. The number of carbonyl (C=O) groups is 1. The molecule has 0 saturated carbocycles. The Morgan fingerprint density at radius 2 is 1.85 bits per heavy atom. The summed E-state index contributed by atoms with van der Waals surface area (Å²) < 4.78 is 37.1. The highest BCUT2D eigenvalue weighted by molar-refractivity contribution is 7.89. The Balaban J connectivity index is 1.45. The predicted octanol–water partition coefficient (Wildman–Crippen LogP) is 1.97. The largest absolute Gasteiger partial charge is 0.492 e. The molecule has 1 atom stereocenters. The molecular weight excluding hydrogens is 518 g/mol. The molecule has 2 N–H and O–H groups in total. The lowest BCUT2D eigenvalue weighted by Gasteiger charge is -2.43. The number of likely N-dealkylation sites (N-methyl/N-ethyl adjacent to an activating group) is 1. The summed E-state index contributed by atoms with van der Waals surface area (Å²) in [4.78, 5) is 21.1. The maximum atomic E-state index is 13.2. The fourth-order valence-corrected chi connectivity index (χ4v) is 6.67. The second kappa shape index (κ2) is 11.1. The van der Waals surface area contributed by atoms with E-state index in [1.807, 2.05) is 47.2 Å². The summed E-state index contributed by atoms with van der Waals surface area (Å²) >= 11 is 0. The number of benzene rings is 2. The molecule has 5 rings (SSSR count). The molecule has 2 aliphatic rings. The monoisotopic (exact) mass is 553 g/mol. The van der Waals surface area contributed by atoms with E-state index < -0.39 is 16.1 Å². The molecular formula is C28H35N5O5S. The highest BCUT2D eigenvalue weighted by Crippen LogP contribution is 2.37. The van der Waals surface area contributed by atoms with Gasteiger partial charge in [-0.05, 0) is 43.1 Å². The average Bonchev–Trinajstić information content (AvgIpc) is 3.36. The van der Waals surface area contributed by atoms with Crippen molar-refractivity contribution in [2.45, 2.75) is 23.8 Å². The molecule has 3 aromatic rings. The Morgan fingerprint density at radius 3 is 2.54 bits per heavy atom. The first-order valence-electron chi connectivity index (χ1n) is 13.1. The van der Waals surface area contributed by atoms with E-state index in [2.05, 4.69) is 9.71 Å². The highest BCUT2D eigenvalue weighted by Gasteiger charge is 2.39. The van der Waals surface area contributed by atoms with Crippen molar-refractivity contribution in [1.29, 1.82) is 0 Å². The van der Waals surface area contributed by atoms with Crippen molar-refractivity contribution in [3.8, 4) is 16.9 Å². The first-order chi connectivity index (χ1) is 18.7. The fourth-order valence-electron chi connectivity index (χ4n) is 5.47. The Kier molecular flexibility index (Phi) is 7.77. The van der Waals surface area contributed by atoms with Gasteiger partial charge in [-0.3, -0.25) is 4.79 Å². The van der Waals surface area contributed by atoms with Crippen molar-refractivity contribution >= 4 is 15.9 Å². The molecule has 1 spiro atoms. The molecule has 0 bridgehead atoms. The van der Waals surface area contributed by atoms with Crippen LogP contribution in [0.3, 0.4) is 0 Å². The predicted molar refractivity (Wildman–Crippen MR) is 147 cm³/mol. The molecule has 11 heteroatoms. The van der Waals surface area contributed by atoms with Gasteiger partial charge in [0.1, 0.15) is 10.6 Å². The molecule has 0 radical (unpaired) electrons. The van der Waals surface area contributed by atoms with Crippen molar-refractivity contribution in [2.75, 3.05) is 46.4 Å². The number of fused-ring (bicyclic) bond motifs is 1. The number of aliphatic hydroxyl groups excluding tert-OH is 1. The minimum absolute atomic E-state index is 0.0425. The fraction of sp³-hybridized carbons (Fsp3) is 0.429. The van der Waals surface area contributed by atoms with Crippen LogP contribution in [-0.2, 0) is 17.1 Å². The standard InChI is InChI=1S/C28H35N5O5S/c1-31-18-23(34)17-30-39(36,37)25-9-8-22(21-6-4-3-5-7-21)16-24(25)38-20-28(19-31)10-13-33(14-11-28)27(35)26-29-12-15-32(26)2/h3-9,12,15-16,23,30,34H,10-11,13-14,17-20H2,1-2H3. The Hall–Kier alpha value is -3.25. The number of amides is 1. The lowest BCUT2D eigenvalue weighted by Crippen LogP contribution is -2.51. The number of hydrogen-bond donors (Lipinski definition) is 2. The second-order valence-electron chi connectivity index (χ2n) is 10.7. The number of carbonyl (C=O) groups excluding carboxylic acids is 1. The summed E-state index contributed by atoms with van der Waals surface area (Å²) in [6.07, 6.45) is 3.83. The van der Waals surface area contributed by atoms with E-state index in [9.17, 15) is 18.3 Å². The van der Waals surface area contributed by atoms with Crippen LogP contribution >= 0.6 is 0 Å². The van der Waals surface area contributed by atoms with Crippen molar-refractivity contribution in [2.24, 2.45) is 12.5 Å². The van der Waals surface area contributed by atoms with Gasteiger partial charge in [-0.15, -0.1) is 0 Å². The summed E-state index contributed by atoms with van der Waals surface area (Å²) in [7, 11) is -0.209. The van der Waals surface area contributed by atoms with Crippen molar-refractivity contribution in [1.82, 2.24) is 24.1 Å². The molecule has 39 heavy (non-hydrogen) atoms. The smallest absolute Gasteiger partial charge is 0.289 e. The van der Waals surface area contributed by atoms with E-state index in [1.54, 1.807) is 42.2 Å². The van der Waals surface area contributed by atoms with Gasteiger partial charge in [-0.1, -0.05) is 36.4 Å². The topological polar surface area (TPSA) is 117 Å².